The molecule has 18 heavy (non-hydrogen) atoms. The van der Waals surface area contributed by atoms with Crippen molar-refractivity contribution >= 4 is 23.2 Å². The number of benzene rings is 2. The van der Waals surface area contributed by atoms with Gasteiger partial charge in [-0.15, -0.1) is 0 Å². The van der Waals surface area contributed by atoms with Gasteiger partial charge in [-0.25, -0.2) is 0 Å². The van der Waals surface area contributed by atoms with Crippen LogP contribution in [0.15, 0.2) is 42.5 Å². The van der Waals surface area contributed by atoms with Gasteiger partial charge in [0, 0.05) is 16.1 Å². The van der Waals surface area contributed by atoms with Crippen LogP contribution in [0.2, 0.25) is 10.0 Å². The lowest BCUT2D eigenvalue weighted by Gasteiger charge is -2.15. The Morgan fingerprint density at radius 3 is 2.28 bits per heavy atom. The summed E-state index contributed by atoms with van der Waals surface area (Å²) in [6.07, 6.45) is 0.776. The highest BCUT2D eigenvalue weighted by Crippen LogP contribution is 2.23. The van der Waals surface area contributed by atoms with E-state index in [0.717, 1.165) is 22.0 Å². The minimum Gasteiger partial charge on any atom is -0.324 e. The molecule has 0 aliphatic heterocycles. The molecule has 0 radical (unpaired) electrons. The van der Waals surface area contributed by atoms with Crippen LogP contribution in [0.1, 0.15) is 22.7 Å². The Labute approximate surface area is 118 Å². The van der Waals surface area contributed by atoms with Gasteiger partial charge >= 0.3 is 0 Å². The van der Waals surface area contributed by atoms with E-state index in [4.69, 9.17) is 28.9 Å². The summed E-state index contributed by atoms with van der Waals surface area (Å²) < 4.78 is 0. The zero-order valence-electron chi connectivity index (χ0n) is 10.2. The van der Waals surface area contributed by atoms with Crippen molar-refractivity contribution < 1.29 is 0 Å². The van der Waals surface area contributed by atoms with Gasteiger partial charge in [-0.05, 0) is 54.3 Å². The first kappa shape index (κ1) is 13.4. The first-order valence-electron chi connectivity index (χ1n) is 5.82. The van der Waals surface area contributed by atoms with Gasteiger partial charge in [-0.2, -0.15) is 0 Å². The van der Waals surface area contributed by atoms with E-state index in [0.29, 0.717) is 0 Å². The molecule has 0 amide bonds. The van der Waals surface area contributed by atoms with Gasteiger partial charge in [-0.3, -0.25) is 0 Å². The topological polar surface area (TPSA) is 26.0 Å². The molecular weight excluding hydrogens is 265 g/mol. The second-order valence-electron chi connectivity index (χ2n) is 4.44. The largest absolute Gasteiger partial charge is 0.324 e. The molecule has 2 N–H and O–H groups in total. The van der Waals surface area contributed by atoms with Gasteiger partial charge in [-0.1, -0.05) is 41.4 Å². The van der Waals surface area contributed by atoms with Crippen LogP contribution in [0.4, 0.5) is 0 Å². The fourth-order valence-corrected chi connectivity index (χ4v) is 2.30. The Hall–Kier alpha value is -1.02. The standard InChI is InChI=1S/C15H15Cl2N/c1-10-2-5-13(17)9-14(10)15(18)8-11-3-6-12(16)7-4-11/h2-7,9,15H,8,18H2,1H3. The summed E-state index contributed by atoms with van der Waals surface area (Å²) in [5.41, 5.74) is 9.68. The number of hydrogen-bond acceptors (Lipinski definition) is 1. The predicted molar refractivity (Wildman–Crippen MR) is 78.3 cm³/mol. The lowest BCUT2D eigenvalue weighted by atomic mass is 9.96. The van der Waals surface area contributed by atoms with E-state index in [1.165, 1.54) is 11.1 Å². The summed E-state index contributed by atoms with van der Waals surface area (Å²) in [5.74, 6) is 0. The van der Waals surface area contributed by atoms with E-state index in [2.05, 4.69) is 0 Å². The third kappa shape index (κ3) is 3.26. The molecule has 2 aromatic rings. The Bertz CT molecular complexity index is 535. The minimum atomic E-state index is -0.0510. The molecule has 3 heteroatoms. The molecule has 0 bridgehead atoms. The molecular formula is C15H15Cl2N. The molecule has 94 valence electrons. The van der Waals surface area contributed by atoms with Crippen LogP contribution >= 0.6 is 23.2 Å². The van der Waals surface area contributed by atoms with Crippen LogP contribution in [0.3, 0.4) is 0 Å². The highest BCUT2D eigenvalue weighted by molar-refractivity contribution is 6.30. The Morgan fingerprint density at radius 1 is 1.00 bits per heavy atom. The third-order valence-electron chi connectivity index (χ3n) is 3.01. The molecule has 2 aromatic carbocycles. The fourth-order valence-electron chi connectivity index (χ4n) is 2.00. The molecule has 1 atom stereocenters. The number of halogens is 2. The smallest absolute Gasteiger partial charge is 0.0409 e. The average Bonchev–Trinajstić information content (AvgIpc) is 2.35. The van der Waals surface area contributed by atoms with E-state index in [9.17, 15) is 0 Å². The van der Waals surface area contributed by atoms with Gasteiger partial charge in [0.05, 0.1) is 0 Å². The summed E-state index contributed by atoms with van der Waals surface area (Å²) in [5, 5.41) is 1.47. The molecule has 0 heterocycles. The van der Waals surface area contributed by atoms with E-state index in [1.807, 2.05) is 49.4 Å². The summed E-state index contributed by atoms with van der Waals surface area (Å²) in [6.45, 7) is 2.05. The SMILES string of the molecule is Cc1ccc(Cl)cc1C(N)Cc1ccc(Cl)cc1. The molecule has 1 nitrogen and oxygen atoms in total. The predicted octanol–water partition coefficient (Wildman–Crippen LogP) is 4.54. The molecule has 0 spiro atoms. The van der Waals surface area contributed by atoms with Gasteiger partial charge in [0.1, 0.15) is 0 Å². The van der Waals surface area contributed by atoms with Crippen LogP contribution in [0.5, 0.6) is 0 Å². The maximum atomic E-state index is 6.24. The maximum absolute atomic E-state index is 6.24. The second-order valence-corrected chi connectivity index (χ2v) is 5.31. The third-order valence-corrected chi connectivity index (χ3v) is 3.50. The Kier molecular flexibility index (Phi) is 4.28. The fraction of sp³-hybridized carbons (Fsp3) is 0.200. The number of hydrogen-bond donors (Lipinski definition) is 1. The molecule has 0 saturated carbocycles. The Morgan fingerprint density at radius 2 is 1.61 bits per heavy atom. The van der Waals surface area contributed by atoms with Gasteiger partial charge < -0.3 is 5.73 Å². The van der Waals surface area contributed by atoms with E-state index in [1.54, 1.807) is 0 Å². The van der Waals surface area contributed by atoms with Gasteiger partial charge in [0.2, 0.25) is 0 Å². The van der Waals surface area contributed by atoms with Crippen molar-refractivity contribution in [3.8, 4) is 0 Å². The van der Waals surface area contributed by atoms with Crippen molar-refractivity contribution in [1.82, 2.24) is 0 Å². The lowest BCUT2D eigenvalue weighted by Crippen LogP contribution is -2.14. The van der Waals surface area contributed by atoms with Crippen molar-refractivity contribution in [1.29, 1.82) is 0 Å². The molecule has 0 aromatic heterocycles. The molecule has 0 aliphatic rings. The van der Waals surface area contributed by atoms with Crippen molar-refractivity contribution in [3.63, 3.8) is 0 Å². The van der Waals surface area contributed by atoms with Crippen LogP contribution in [-0.4, -0.2) is 0 Å². The zero-order chi connectivity index (χ0) is 13.1. The molecule has 0 aliphatic carbocycles. The van der Waals surface area contributed by atoms with Crippen molar-refractivity contribution in [2.45, 2.75) is 19.4 Å². The van der Waals surface area contributed by atoms with E-state index < -0.39 is 0 Å². The first-order chi connectivity index (χ1) is 8.56. The monoisotopic (exact) mass is 279 g/mol. The molecule has 0 fully saturated rings. The van der Waals surface area contributed by atoms with Gasteiger partial charge in [0.25, 0.3) is 0 Å². The maximum Gasteiger partial charge on any atom is 0.0409 e. The summed E-state index contributed by atoms with van der Waals surface area (Å²) >= 11 is 11.9. The van der Waals surface area contributed by atoms with E-state index >= 15 is 0 Å². The van der Waals surface area contributed by atoms with E-state index in [-0.39, 0.29) is 6.04 Å². The summed E-state index contributed by atoms with van der Waals surface area (Å²) in [7, 11) is 0. The highest BCUT2D eigenvalue weighted by atomic mass is 35.5. The van der Waals surface area contributed by atoms with Crippen molar-refractivity contribution in [2.75, 3.05) is 0 Å². The number of rotatable bonds is 3. The highest BCUT2D eigenvalue weighted by Gasteiger charge is 2.10. The average molecular weight is 280 g/mol. The normalized spacial score (nSPS) is 12.4. The van der Waals surface area contributed by atoms with Crippen LogP contribution in [0, 0.1) is 6.92 Å². The summed E-state index contributed by atoms with van der Waals surface area (Å²) in [4.78, 5) is 0. The van der Waals surface area contributed by atoms with Crippen LogP contribution in [-0.2, 0) is 6.42 Å². The van der Waals surface area contributed by atoms with Crippen molar-refractivity contribution in [3.05, 3.63) is 69.2 Å². The van der Waals surface area contributed by atoms with Gasteiger partial charge in [0.15, 0.2) is 0 Å². The second kappa shape index (κ2) is 5.75. The van der Waals surface area contributed by atoms with Crippen LogP contribution < -0.4 is 5.73 Å². The first-order valence-corrected chi connectivity index (χ1v) is 6.58. The molecule has 2 rings (SSSR count). The number of aryl methyl sites for hydroxylation is 1. The zero-order valence-corrected chi connectivity index (χ0v) is 11.7. The van der Waals surface area contributed by atoms with Crippen molar-refractivity contribution in [2.24, 2.45) is 5.73 Å². The molecule has 1 unspecified atom stereocenters. The summed E-state index contributed by atoms with van der Waals surface area (Å²) in [6, 6.07) is 13.5. The molecule has 0 saturated heterocycles. The quantitative estimate of drug-likeness (QED) is 0.877. The van der Waals surface area contributed by atoms with Crippen LogP contribution in [0.25, 0.3) is 0 Å². The number of nitrogens with two attached hydrogens (primary N) is 1. The minimum absolute atomic E-state index is 0.0510. The Balaban J connectivity index is 2.18. The lowest BCUT2D eigenvalue weighted by molar-refractivity contribution is 0.717.